The summed E-state index contributed by atoms with van der Waals surface area (Å²) in [6.07, 6.45) is 8.28. The lowest BCUT2D eigenvalue weighted by molar-refractivity contribution is -0.117. The Hall–Kier alpha value is -2.29. The third-order valence-corrected chi connectivity index (χ3v) is 6.56. The van der Waals surface area contributed by atoms with Crippen molar-refractivity contribution in [2.24, 2.45) is 5.92 Å². The lowest BCUT2D eigenvalue weighted by Crippen LogP contribution is -2.48. The van der Waals surface area contributed by atoms with Gasteiger partial charge in [-0.15, -0.1) is 10.2 Å². The smallest absolute Gasteiger partial charge is 0.321 e. The highest BCUT2D eigenvalue weighted by molar-refractivity contribution is 7.99. The number of hydrogen-bond donors (Lipinski definition) is 2. The van der Waals surface area contributed by atoms with Gasteiger partial charge in [-0.25, -0.2) is 4.79 Å². The number of amides is 3. The number of aromatic nitrogens is 3. The number of nitrogens with one attached hydrogen (secondary N) is 2. The molecule has 2 N–H and O–H groups in total. The minimum absolute atomic E-state index is 0.106. The van der Waals surface area contributed by atoms with Gasteiger partial charge in [0.15, 0.2) is 5.16 Å². The zero-order valence-electron chi connectivity index (χ0n) is 16.6. The van der Waals surface area contributed by atoms with Crippen LogP contribution in [0.4, 0.5) is 4.79 Å². The Balaban J connectivity index is 1.31. The van der Waals surface area contributed by atoms with Crippen LogP contribution in [0.15, 0.2) is 28.0 Å². The minimum atomic E-state index is -0.412. The Morgan fingerprint density at radius 3 is 2.79 bits per heavy atom. The molecule has 2 heterocycles. The third-order valence-electron chi connectivity index (χ3n) is 5.60. The Labute approximate surface area is 174 Å². The topological polar surface area (TPSA) is 102 Å². The van der Waals surface area contributed by atoms with Gasteiger partial charge < -0.3 is 9.73 Å². The fourth-order valence-corrected chi connectivity index (χ4v) is 4.53. The number of carbonyl (C=O) groups is 2. The number of carbonyl (C=O) groups excluding carboxylic acids is 2. The average molecular weight is 418 g/mol. The number of urea groups is 1. The lowest BCUT2D eigenvalue weighted by Gasteiger charge is -2.29. The van der Waals surface area contributed by atoms with Gasteiger partial charge in [-0.3, -0.25) is 14.7 Å². The predicted molar refractivity (Wildman–Crippen MR) is 109 cm³/mol. The number of hydrogen-bond acceptors (Lipinski definition) is 6. The van der Waals surface area contributed by atoms with E-state index < -0.39 is 6.03 Å². The summed E-state index contributed by atoms with van der Waals surface area (Å²) in [5.74, 6) is 2.40. The summed E-state index contributed by atoms with van der Waals surface area (Å²) in [6, 6.07) is 3.49. The van der Waals surface area contributed by atoms with Gasteiger partial charge in [-0.05, 0) is 43.7 Å². The van der Waals surface area contributed by atoms with Crippen molar-refractivity contribution in [1.29, 1.82) is 0 Å². The van der Waals surface area contributed by atoms with Crippen LogP contribution in [-0.4, -0.2) is 38.5 Å². The molecular weight excluding hydrogens is 390 g/mol. The van der Waals surface area contributed by atoms with Gasteiger partial charge in [-0.2, -0.15) is 0 Å². The van der Waals surface area contributed by atoms with Crippen LogP contribution < -0.4 is 10.6 Å². The molecule has 2 fully saturated rings. The molecule has 2 saturated carbocycles. The van der Waals surface area contributed by atoms with E-state index in [9.17, 15) is 9.59 Å². The van der Waals surface area contributed by atoms with Crippen LogP contribution >= 0.6 is 11.8 Å². The second-order valence-electron chi connectivity index (χ2n) is 7.96. The van der Waals surface area contributed by atoms with Crippen molar-refractivity contribution in [1.82, 2.24) is 25.4 Å². The van der Waals surface area contributed by atoms with Gasteiger partial charge in [-0.1, -0.05) is 31.5 Å². The van der Waals surface area contributed by atoms with E-state index in [4.69, 9.17) is 4.42 Å². The van der Waals surface area contributed by atoms with E-state index in [1.807, 2.05) is 16.7 Å². The predicted octanol–water partition coefficient (Wildman–Crippen LogP) is 3.29. The zero-order chi connectivity index (χ0) is 20.2. The summed E-state index contributed by atoms with van der Waals surface area (Å²) in [4.78, 5) is 24.4. The molecule has 156 valence electrons. The number of rotatable bonds is 7. The first-order valence-electron chi connectivity index (χ1n) is 10.3. The van der Waals surface area contributed by atoms with Gasteiger partial charge in [0.05, 0.1) is 18.6 Å². The van der Waals surface area contributed by atoms with E-state index in [1.54, 1.807) is 6.26 Å². The Morgan fingerprint density at radius 2 is 2.07 bits per heavy atom. The second kappa shape index (κ2) is 9.02. The standard InChI is InChI=1S/C20H27N5O3S/c1-13-5-2-3-7-16(13)21-19(27)22-17(26)12-29-20-24-23-18(14-8-9-14)25(20)11-15-6-4-10-28-15/h4,6,10,13-14,16H,2-3,5,7-9,11-12H2,1H3,(H2,21,22,26,27). The molecule has 3 amide bonds. The first kappa shape index (κ1) is 20.0. The van der Waals surface area contributed by atoms with Crippen LogP contribution in [0.5, 0.6) is 0 Å². The zero-order valence-corrected chi connectivity index (χ0v) is 17.4. The number of furan rings is 1. The third kappa shape index (κ3) is 5.20. The van der Waals surface area contributed by atoms with E-state index >= 15 is 0 Å². The van der Waals surface area contributed by atoms with Crippen LogP contribution in [0.1, 0.15) is 63.0 Å². The molecule has 2 aromatic heterocycles. The van der Waals surface area contributed by atoms with Gasteiger partial charge in [0, 0.05) is 12.0 Å². The summed E-state index contributed by atoms with van der Waals surface area (Å²) in [6.45, 7) is 2.68. The van der Waals surface area contributed by atoms with E-state index in [1.165, 1.54) is 18.2 Å². The molecule has 2 aliphatic rings. The van der Waals surface area contributed by atoms with Crippen LogP contribution in [0.3, 0.4) is 0 Å². The molecule has 9 heteroatoms. The maximum absolute atomic E-state index is 12.3. The van der Waals surface area contributed by atoms with E-state index in [-0.39, 0.29) is 17.7 Å². The van der Waals surface area contributed by atoms with Crippen LogP contribution in [-0.2, 0) is 11.3 Å². The normalized spacial score (nSPS) is 21.7. The molecule has 0 bridgehead atoms. The fourth-order valence-electron chi connectivity index (χ4n) is 3.79. The monoisotopic (exact) mass is 417 g/mol. The summed E-state index contributed by atoms with van der Waals surface area (Å²) in [7, 11) is 0. The molecule has 8 nitrogen and oxygen atoms in total. The lowest BCUT2D eigenvalue weighted by atomic mass is 9.86. The largest absolute Gasteiger partial charge is 0.467 e. The molecule has 2 aromatic rings. The quantitative estimate of drug-likeness (QED) is 0.670. The van der Waals surface area contributed by atoms with Gasteiger partial charge in [0.2, 0.25) is 5.91 Å². The summed E-state index contributed by atoms with van der Waals surface area (Å²) in [5, 5.41) is 14.6. The van der Waals surface area contributed by atoms with E-state index in [2.05, 4.69) is 27.8 Å². The molecule has 0 saturated heterocycles. The molecular formula is C20H27N5O3S. The Morgan fingerprint density at radius 1 is 1.24 bits per heavy atom. The van der Waals surface area contributed by atoms with Crippen molar-refractivity contribution in [2.45, 2.75) is 69.1 Å². The van der Waals surface area contributed by atoms with Crippen molar-refractivity contribution in [3.63, 3.8) is 0 Å². The highest BCUT2D eigenvalue weighted by Gasteiger charge is 2.31. The van der Waals surface area contributed by atoms with Crippen molar-refractivity contribution in [3.8, 4) is 0 Å². The summed E-state index contributed by atoms with van der Waals surface area (Å²) in [5.41, 5.74) is 0. The van der Waals surface area contributed by atoms with Gasteiger partial charge in [0.25, 0.3) is 0 Å². The molecule has 4 rings (SSSR count). The maximum atomic E-state index is 12.3. The van der Waals surface area contributed by atoms with Crippen LogP contribution in [0.25, 0.3) is 0 Å². The molecule has 0 radical (unpaired) electrons. The van der Waals surface area contributed by atoms with Crippen LogP contribution in [0, 0.1) is 5.92 Å². The SMILES string of the molecule is CC1CCCCC1NC(=O)NC(=O)CSc1nnc(C2CC2)n1Cc1ccco1. The average Bonchev–Trinajstić information content (AvgIpc) is 3.26. The van der Waals surface area contributed by atoms with Gasteiger partial charge in [0.1, 0.15) is 11.6 Å². The molecule has 0 aromatic carbocycles. The molecule has 2 unspecified atom stereocenters. The van der Waals surface area contributed by atoms with Gasteiger partial charge >= 0.3 is 6.03 Å². The van der Waals surface area contributed by atoms with Crippen molar-refractivity contribution < 1.29 is 14.0 Å². The first-order valence-corrected chi connectivity index (χ1v) is 11.3. The number of thioether (sulfide) groups is 1. The van der Waals surface area contributed by atoms with E-state index in [0.29, 0.717) is 23.5 Å². The minimum Gasteiger partial charge on any atom is -0.467 e. The molecule has 2 aliphatic carbocycles. The van der Waals surface area contributed by atoms with Crippen molar-refractivity contribution >= 4 is 23.7 Å². The molecule has 2 atom stereocenters. The Kier molecular flexibility index (Phi) is 6.22. The number of nitrogens with zero attached hydrogens (tertiary/aromatic N) is 3. The molecule has 29 heavy (non-hydrogen) atoms. The summed E-state index contributed by atoms with van der Waals surface area (Å²) < 4.78 is 7.47. The van der Waals surface area contributed by atoms with Crippen molar-refractivity contribution in [2.75, 3.05) is 5.75 Å². The van der Waals surface area contributed by atoms with Crippen LogP contribution in [0.2, 0.25) is 0 Å². The van der Waals surface area contributed by atoms with Crippen molar-refractivity contribution in [3.05, 3.63) is 30.0 Å². The summed E-state index contributed by atoms with van der Waals surface area (Å²) >= 11 is 1.29. The maximum Gasteiger partial charge on any atom is 0.321 e. The second-order valence-corrected chi connectivity index (χ2v) is 8.90. The first-order chi connectivity index (χ1) is 14.1. The molecule has 0 aliphatic heterocycles. The fraction of sp³-hybridized carbons (Fsp3) is 0.600. The molecule has 0 spiro atoms. The van der Waals surface area contributed by atoms with E-state index in [0.717, 1.165) is 43.7 Å². The number of imide groups is 1. The highest BCUT2D eigenvalue weighted by atomic mass is 32.2. The Bertz CT molecular complexity index is 846. The highest BCUT2D eigenvalue weighted by Crippen LogP contribution is 2.40.